The summed E-state index contributed by atoms with van der Waals surface area (Å²) in [7, 11) is -6.00. The minimum absolute atomic E-state index is 0.0141. The smallest absolute Gasteiger partial charge is 0.418 e. The van der Waals surface area contributed by atoms with Crippen LogP contribution in [0.1, 0.15) is 5.56 Å². The maximum Gasteiger partial charge on any atom is 0.673 e. The van der Waals surface area contributed by atoms with Gasteiger partial charge in [0, 0.05) is 0 Å². The quantitative estimate of drug-likeness (QED) is 0.316. The van der Waals surface area contributed by atoms with Crippen LogP contribution in [0.5, 0.6) is 0 Å². The Hall–Kier alpha value is -1.02. The van der Waals surface area contributed by atoms with Gasteiger partial charge < -0.3 is 17.3 Å². The van der Waals surface area contributed by atoms with Crippen LogP contribution in [0.15, 0.2) is 16.6 Å². The van der Waals surface area contributed by atoms with Crippen molar-refractivity contribution in [2.24, 2.45) is 0 Å². The molecule has 0 atom stereocenters. The topological polar surface area (TPSA) is 28.1 Å². The minimum atomic E-state index is -6.00. The highest BCUT2D eigenvalue weighted by Crippen LogP contribution is 2.39. The second-order valence-corrected chi connectivity index (χ2v) is 4.14. The van der Waals surface area contributed by atoms with E-state index in [9.17, 15) is 30.4 Å². The van der Waals surface area contributed by atoms with Gasteiger partial charge in [0.15, 0.2) is 4.98 Å². The summed E-state index contributed by atoms with van der Waals surface area (Å²) in [5.41, 5.74) is -1.03. The molecule has 0 aliphatic heterocycles. The molecule has 0 unspecified atom stereocenters. The van der Waals surface area contributed by atoms with Crippen molar-refractivity contribution in [3.8, 4) is 0 Å². The van der Waals surface area contributed by atoms with E-state index in [1.165, 1.54) is 0 Å². The summed E-state index contributed by atoms with van der Waals surface area (Å²) >= 11 is 8.27. The first-order chi connectivity index (χ1) is 8.36. The average molecular weight is 373 g/mol. The second-order valence-electron chi connectivity index (χ2n) is 2.88. The van der Waals surface area contributed by atoms with E-state index in [1.807, 2.05) is 0 Å². The van der Waals surface area contributed by atoms with Gasteiger partial charge in [-0.3, -0.25) is 0 Å². The summed E-state index contributed by atoms with van der Waals surface area (Å²) < 4.78 is 75.6. The van der Waals surface area contributed by atoms with Gasteiger partial charge in [-0.2, -0.15) is 13.2 Å². The van der Waals surface area contributed by atoms with E-state index < -0.39 is 19.0 Å². The van der Waals surface area contributed by atoms with E-state index in [0.29, 0.717) is 6.07 Å². The third-order valence-corrected chi connectivity index (χ3v) is 2.34. The SMILES string of the molecule is F[B-](F)(F)F.N#[N+]c1c(Cl)cc(C(F)(F)F)cc1Br. The van der Waals surface area contributed by atoms with Gasteiger partial charge in [0.1, 0.15) is 9.50 Å². The van der Waals surface area contributed by atoms with Crippen LogP contribution in [0.3, 0.4) is 0 Å². The molecule has 1 aromatic carbocycles. The summed E-state index contributed by atoms with van der Waals surface area (Å²) in [4.78, 5) is 2.75. The molecule has 0 bridgehead atoms. The standard InChI is InChI=1S/C7H2BrClF3N2.BF4/c8-4-1-3(7(10,11)12)2-5(9)6(4)14-13;2-1(3,4)5/h1-2H;/q+1;-1. The molecular formula is C7H2BBrClF7N2. The molecule has 0 heterocycles. The molecule has 0 amide bonds. The number of nitrogens with zero attached hydrogens (tertiary/aromatic N) is 2. The lowest BCUT2D eigenvalue weighted by Gasteiger charge is -2.05. The molecule has 12 heteroatoms. The first-order valence-electron chi connectivity index (χ1n) is 4.15. The maximum atomic E-state index is 12.2. The monoisotopic (exact) mass is 372 g/mol. The van der Waals surface area contributed by atoms with Gasteiger partial charge in [-0.05, 0) is 28.1 Å². The van der Waals surface area contributed by atoms with E-state index in [1.54, 1.807) is 0 Å². The highest BCUT2D eigenvalue weighted by molar-refractivity contribution is 9.10. The molecule has 0 aliphatic carbocycles. The molecule has 0 saturated carbocycles. The number of rotatable bonds is 0. The van der Waals surface area contributed by atoms with Crippen LogP contribution in [-0.2, 0) is 6.18 Å². The number of halogens is 9. The first-order valence-corrected chi connectivity index (χ1v) is 5.32. The molecule has 0 aromatic heterocycles. The molecule has 0 fully saturated rings. The van der Waals surface area contributed by atoms with Crippen molar-refractivity contribution in [2.45, 2.75) is 6.18 Å². The molecule has 19 heavy (non-hydrogen) atoms. The van der Waals surface area contributed by atoms with Crippen molar-refractivity contribution in [3.05, 3.63) is 32.2 Å². The Morgan fingerprint density at radius 1 is 1.16 bits per heavy atom. The van der Waals surface area contributed by atoms with Crippen molar-refractivity contribution < 1.29 is 30.4 Å². The number of benzene rings is 1. The van der Waals surface area contributed by atoms with Gasteiger partial charge in [0.2, 0.25) is 5.39 Å². The van der Waals surface area contributed by atoms with Gasteiger partial charge in [0.25, 0.3) is 0 Å². The van der Waals surface area contributed by atoms with Crippen molar-refractivity contribution >= 4 is 40.5 Å². The summed E-state index contributed by atoms with van der Waals surface area (Å²) in [6.07, 6.45) is -4.47. The predicted molar refractivity (Wildman–Crippen MR) is 59.1 cm³/mol. The number of alkyl halides is 3. The van der Waals surface area contributed by atoms with Gasteiger partial charge in [-0.1, -0.05) is 11.6 Å². The number of hydrogen-bond acceptors (Lipinski definition) is 1. The zero-order valence-corrected chi connectivity index (χ0v) is 10.9. The van der Waals surface area contributed by atoms with E-state index in [-0.39, 0.29) is 15.2 Å². The molecule has 2 nitrogen and oxygen atoms in total. The lowest BCUT2D eigenvalue weighted by molar-refractivity contribution is -0.137. The van der Waals surface area contributed by atoms with E-state index in [0.717, 1.165) is 6.07 Å². The summed E-state index contributed by atoms with van der Waals surface area (Å²) in [5.74, 6) is 0. The van der Waals surface area contributed by atoms with Crippen LogP contribution >= 0.6 is 27.5 Å². The fourth-order valence-electron chi connectivity index (χ4n) is 0.825. The molecule has 0 radical (unpaired) electrons. The number of diazo groups is 1. The van der Waals surface area contributed by atoms with E-state index >= 15 is 0 Å². The Labute approximate surface area is 115 Å². The van der Waals surface area contributed by atoms with Crippen molar-refractivity contribution in [2.75, 3.05) is 0 Å². The van der Waals surface area contributed by atoms with Crippen LogP contribution < -0.4 is 0 Å². The van der Waals surface area contributed by atoms with E-state index in [4.69, 9.17) is 17.0 Å². The Balaban J connectivity index is 0.000000555. The fourth-order valence-corrected chi connectivity index (χ4v) is 1.74. The highest BCUT2D eigenvalue weighted by atomic mass is 79.9. The molecule has 106 valence electrons. The predicted octanol–water partition coefficient (Wildman–Crippen LogP) is 5.91. The molecule has 0 N–H and O–H groups in total. The molecular weight excluding hydrogens is 371 g/mol. The van der Waals surface area contributed by atoms with Crippen LogP contribution in [0.25, 0.3) is 4.98 Å². The summed E-state index contributed by atoms with van der Waals surface area (Å²) in [6, 6.07) is 1.49. The van der Waals surface area contributed by atoms with Gasteiger partial charge in [0.05, 0.1) is 5.56 Å². The lowest BCUT2D eigenvalue weighted by Crippen LogP contribution is -2.04. The van der Waals surface area contributed by atoms with Gasteiger partial charge in [-0.25, -0.2) is 0 Å². The third kappa shape index (κ3) is 7.22. The Bertz CT molecular complexity index is 467. The fraction of sp³-hybridized carbons (Fsp3) is 0.143. The molecule has 0 saturated heterocycles. The zero-order valence-electron chi connectivity index (χ0n) is 8.53. The molecule has 1 rings (SSSR count). The van der Waals surface area contributed by atoms with Crippen molar-refractivity contribution in [3.63, 3.8) is 0 Å². The summed E-state index contributed by atoms with van der Waals surface area (Å²) in [5, 5.41) is 8.15. The van der Waals surface area contributed by atoms with Gasteiger partial charge >= 0.3 is 19.1 Å². The van der Waals surface area contributed by atoms with Crippen LogP contribution in [0, 0.1) is 5.39 Å². The Morgan fingerprint density at radius 2 is 1.58 bits per heavy atom. The van der Waals surface area contributed by atoms with Crippen molar-refractivity contribution in [1.82, 2.24) is 0 Å². The van der Waals surface area contributed by atoms with Crippen LogP contribution in [0.4, 0.5) is 36.1 Å². The largest absolute Gasteiger partial charge is 0.673 e. The Morgan fingerprint density at radius 3 is 1.84 bits per heavy atom. The third-order valence-electron chi connectivity index (χ3n) is 1.44. The Kier molecular flexibility index (Phi) is 6.08. The molecule has 0 aliphatic rings. The normalized spacial score (nSPS) is 11.4. The second kappa shape index (κ2) is 6.43. The van der Waals surface area contributed by atoms with Crippen molar-refractivity contribution in [1.29, 1.82) is 5.39 Å². The van der Waals surface area contributed by atoms with Crippen LogP contribution in [-0.4, -0.2) is 7.25 Å². The molecule has 0 spiro atoms. The maximum absolute atomic E-state index is 12.2. The minimum Gasteiger partial charge on any atom is -0.418 e. The molecule has 1 aromatic rings. The lowest BCUT2D eigenvalue weighted by atomic mass is 10.2. The van der Waals surface area contributed by atoms with E-state index in [2.05, 4.69) is 20.9 Å². The van der Waals surface area contributed by atoms with Crippen LogP contribution in [0.2, 0.25) is 5.02 Å². The zero-order chi connectivity index (χ0) is 15.4. The summed E-state index contributed by atoms with van der Waals surface area (Å²) in [6.45, 7) is 0. The van der Waals surface area contributed by atoms with Gasteiger partial charge in [-0.15, -0.1) is 0 Å². The average Bonchev–Trinajstić information content (AvgIpc) is 2.12. The first kappa shape index (κ1) is 18.0. The number of hydrogen-bond donors (Lipinski definition) is 0. The highest BCUT2D eigenvalue weighted by Gasteiger charge is 2.33.